The quantitative estimate of drug-likeness (QED) is 0.158. The summed E-state index contributed by atoms with van der Waals surface area (Å²) in [5.74, 6) is 0. The van der Waals surface area contributed by atoms with E-state index in [9.17, 15) is 0 Å². The van der Waals surface area contributed by atoms with E-state index in [1.807, 2.05) is 0 Å². The minimum absolute atomic E-state index is 0.0927. The fourth-order valence-corrected chi connectivity index (χ4v) is 8.72. The van der Waals surface area contributed by atoms with Gasteiger partial charge in [-0.25, -0.2) is 0 Å². The Bertz CT molecular complexity index is 2820. The second-order valence-electron chi connectivity index (χ2n) is 15.9. The highest BCUT2D eigenvalue weighted by molar-refractivity contribution is 5.87. The van der Waals surface area contributed by atoms with Crippen LogP contribution in [0, 0.1) is 0 Å². The van der Waals surface area contributed by atoms with Crippen molar-refractivity contribution in [2.75, 3.05) is 10.2 Å². The molecule has 0 bridgehead atoms. The van der Waals surface area contributed by atoms with Crippen molar-refractivity contribution in [1.29, 1.82) is 0 Å². The van der Waals surface area contributed by atoms with Crippen molar-refractivity contribution in [2.24, 2.45) is 0 Å². The van der Waals surface area contributed by atoms with Gasteiger partial charge in [0.05, 0.1) is 0 Å². The molecule has 59 heavy (non-hydrogen) atoms. The number of fused-ring (bicyclic) bond motifs is 3. The normalized spacial score (nSPS) is 12.4. The Morgan fingerprint density at radius 3 is 1.24 bits per heavy atom. The monoisotopic (exact) mass is 756 g/mol. The summed E-state index contributed by atoms with van der Waals surface area (Å²) in [7, 11) is 0. The van der Waals surface area contributed by atoms with Crippen molar-refractivity contribution < 1.29 is 0 Å². The van der Waals surface area contributed by atoms with Crippen molar-refractivity contribution in [3.8, 4) is 55.6 Å². The smallest absolute Gasteiger partial charge is 0.0465 e. The van der Waals surface area contributed by atoms with Gasteiger partial charge >= 0.3 is 0 Å². The number of hydrogen-bond donors (Lipinski definition) is 1. The maximum atomic E-state index is 3.70. The Morgan fingerprint density at radius 1 is 0.305 bits per heavy atom. The van der Waals surface area contributed by atoms with E-state index >= 15 is 0 Å². The van der Waals surface area contributed by atoms with Crippen LogP contribution in [0.1, 0.15) is 25.0 Å². The Labute approximate surface area is 347 Å². The third kappa shape index (κ3) is 7.00. The third-order valence-corrected chi connectivity index (χ3v) is 11.8. The summed E-state index contributed by atoms with van der Waals surface area (Å²) in [6.45, 7) is 4.69. The van der Waals surface area contributed by atoms with Crippen LogP contribution in [0.25, 0.3) is 55.6 Å². The van der Waals surface area contributed by atoms with Crippen LogP contribution in [0.15, 0.2) is 224 Å². The largest absolute Gasteiger partial charge is 0.355 e. The average Bonchev–Trinajstić information content (AvgIpc) is 3.53. The van der Waals surface area contributed by atoms with Gasteiger partial charge in [0.1, 0.15) is 0 Å². The van der Waals surface area contributed by atoms with Crippen LogP contribution in [0.3, 0.4) is 0 Å². The van der Waals surface area contributed by atoms with Gasteiger partial charge in [-0.2, -0.15) is 0 Å². The third-order valence-electron chi connectivity index (χ3n) is 11.8. The Balaban J connectivity index is 0.957. The molecule has 0 unspecified atom stereocenters. The molecule has 9 aromatic carbocycles. The minimum atomic E-state index is -0.0927. The molecule has 0 aromatic heterocycles. The standard InChI is InChI=1S/C57H44N2/c1-57(2)55-21-13-12-20-53(55)54-35-34-52(39-56(54)57)59(50-30-24-44(25-31-50)40-14-6-3-7-15-40)51-32-26-45(27-33-51)43-22-28-48(29-23-43)58-49-37-46(41-16-8-4-9-17-41)36-47(38-49)42-18-10-5-11-19-42/h3-39,58H,1-2H3. The van der Waals surface area contributed by atoms with Crippen LogP contribution in [-0.2, 0) is 5.41 Å². The zero-order valence-corrected chi connectivity index (χ0v) is 33.3. The van der Waals surface area contributed by atoms with Gasteiger partial charge < -0.3 is 10.2 Å². The molecule has 0 saturated carbocycles. The molecule has 0 fully saturated rings. The van der Waals surface area contributed by atoms with Crippen LogP contribution >= 0.6 is 0 Å². The topological polar surface area (TPSA) is 15.3 Å². The molecule has 0 heterocycles. The van der Waals surface area contributed by atoms with E-state index in [1.165, 1.54) is 66.8 Å². The summed E-state index contributed by atoms with van der Waals surface area (Å²) < 4.78 is 0. The molecule has 1 N–H and O–H groups in total. The highest BCUT2D eigenvalue weighted by atomic mass is 15.1. The summed E-state index contributed by atoms with van der Waals surface area (Å²) in [5, 5.41) is 3.70. The molecule has 0 saturated heterocycles. The molecular weight excluding hydrogens is 713 g/mol. The number of anilines is 5. The van der Waals surface area contributed by atoms with Gasteiger partial charge in [-0.3, -0.25) is 0 Å². The van der Waals surface area contributed by atoms with Gasteiger partial charge in [0, 0.05) is 33.9 Å². The van der Waals surface area contributed by atoms with Crippen LogP contribution in [-0.4, -0.2) is 0 Å². The minimum Gasteiger partial charge on any atom is -0.355 e. The molecule has 1 aliphatic carbocycles. The molecule has 9 aromatic rings. The van der Waals surface area contributed by atoms with Gasteiger partial charge in [0.15, 0.2) is 0 Å². The number of nitrogens with zero attached hydrogens (tertiary/aromatic N) is 1. The van der Waals surface area contributed by atoms with E-state index in [2.05, 4.69) is 249 Å². The van der Waals surface area contributed by atoms with Crippen molar-refractivity contribution in [3.05, 3.63) is 236 Å². The highest BCUT2D eigenvalue weighted by Crippen LogP contribution is 2.50. The molecule has 0 atom stereocenters. The lowest BCUT2D eigenvalue weighted by molar-refractivity contribution is 0.660. The lowest BCUT2D eigenvalue weighted by atomic mass is 9.82. The van der Waals surface area contributed by atoms with Crippen LogP contribution < -0.4 is 10.2 Å². The van der Waals surface area contributed by atoms with Crippen molar-refractivity contribution >= 4 is 28.4 Å². The molecule has 1 aliphatic rings. The summed E-state index contributed by atoms with van der Waals surface area (Å²) in [5.41, 5.74) is 20.3. The molecule has 2 nitrogen and oxygen atoms in total. The lowest BCUT2D eigenvalue weighted by Crippen LogP contribution is -2.16. The van der Waals surface area contributed by atoms with Crippen LogP contribution in [0.5, 0.6) is 0 Å². The SMILES string of the molecule is CC1(C)c2ccccc2-c2ccc(N(c3ccc(-c4ccccc4)cc3)c3ccc(-c4ccc(Nc5cc(-c6ccccc6)cc(-c6ccccc6)c5)cc4)cc3)cc21. The molecule has 282 valence electrons. The van der Waals surface area contributed by atoms with E-state index in [0.29, 0.717) is 0 Å². The average molecular weight is 757 g/mol. The highest BCUT2D eigenvalue weighted by Gasteiger charge is 2.35. The number of hydrogen-bond acceptors (Lipinski definition) is 2. The van der Waals surface area contributed by atoms with E-state index < -0.39 is 0 Å². The van der Waals surface area contributed by atoms with E-state index in [4.69, 9.17) is 0 Å². The zero-order chi connectivity index (χ0) is 39.8. The predicted molar refractivity (Wildman–Crippen MR) is 250 cm³/mol. The fourth-order valence-electron chi connectivity index (χ4n) is 8.72. The van der Waals surface area contributed by atoms with Crippen molar-refractivity contribution in [2.45, 2.75) is 19.3 Å². The molecule has 0 aliphatic heterocycles. The Kier molecular flexibility index (Phi) is 9.24. The molecule has 0 spiro atoms. The molecule has 10 rings (SSSR count). The maximum absolute atomic E-state index is 3.70. The van der Waals surface area contributed by atoms with Gasteiger partial charge in [-0.1, -0.05) is 172 Å². The summed E-state index contributed by atoms with van der Waals surface area (Å²) >= 11 is 0. The van der Waals surface area contributed by atoms with E-state index in [0.717, 1.165) is 28.4 Å². The van der Waals surface area contributed by atoms with Gasteiger partial charge in [0.25, 0.3) is 0 Å². The Morgan fingerprint density at radius 2 is 0.712 bits per heavy atom. The second kappa shape index (κ2) is 15.2. The first-order valence-corrected chi connectivity index (χ1v) is 20.4. The first kappa shape index (κ1) is 36.0. The first-order chi connectivity index (χ1) is 29.0. The molecule has 0 radical (unpaired) electrons. The molecular formula is C57H44N2. The van der Waals surface area contributed by atoms with Crippen molar-refractivity contribution in [1.82, 2.24) is 0 Å². The lowest BCUT2D eigenvalue weighted by Gasteiger charge is -2.28. The summed E-state index contributed by atoms with van der Waals surface area (Å²) in [4.78, 5) is 2.39. The van der Waals surface area contributed by atoms with Crippen LogP contribution in [0.4, 0.5) is 28.4 Å². The van der Waals surface area contributed by atoms with Gasteiger partial charge in [0.2, 0.25) is 0 Å². The summed E-state index contributed by atoms with van der Waals surface area (Å²) in [6, 6.07) is 81.0. The summed E-state index contributed by atoms with van der Waals surface area (Å²) in [6.07, 6.45) is 0. The van der Waals surface area contributed by atoms with E-state index in [1.54, 1.807) is 0 Å². The van der Waals surface area contributed by atoms with E-state index in [-0.39, 0.29) is 5.41 Å². The van der Waals surface area contributed by atoms with Crippen LogP contribution in [0.2, 0.25) is 0 Å². The first-order valence-electron chi connectivity index (χ1n) is 20.4. The van der Waals surface area contributed by atoms with Gasteiger partial charge in [-0.15, -0.1) is 0 Å². The predicted octanol–water partition coefficient (Wildman–Crippen LogP) is 15.9. The second-order valence-corrected chi connectivity index (χ2v) is 15.9. The van der Waals surface area contributed by atoms with Crippen molar-refractivity contribution in [3.63, 3.8) is 0 Å². The number of nitrogens with one attached hydrogen (secondary N) is 1. The number of rotatable bonds is 9. The maximum Gasteiger partial charge on any atom is 0.0465 e. The fraction of sp³-hybridized carbons (Fsp3) is 0.0526. The number of benzene rings is 9. The zero-order valence-electron chi connectivity index (χ0n) is 33.3. The Hall–Kier alpha value is -7.42. The molecule has 2 heteroatoms. The van der Waals surface area contributed by atoms with Gasteiger partial charge in [-0.05, 0) is 133 Å². The molecule has 0 amide bonds.